The maximum absolute atomic E-state index is 13.5. The number of carbonyl (C=O) groups excluding carboxylic acids is 1. The van der Waals surface area contributed by atoms with Crippen molar-refractivity contribution in [3.05, 3.63) is 60.0 Å². The smallest absolute Gasteiger partial charge is 0.252 e. The summed E-state index contributed by atoms with van der Waals surface area (Å²) >= 11 is 0. The van der Waals surface area contributed by atoms with E-state index >= 15 is 0 Å². The van der Waals surface area contributed by atoms with E-state index in [-0.39, 0.29) is 18.1 Å². The fraction of sp³-hybridized carbons (Fsp3) is 0.531. The third-order valence-electron chi connectivity index (χ3n) is 7.72. The van der Waals surface area contributed by atoms with Gasteiger partial charge in [0.15, 0.2) is 0 Å². The van der Waals surface area contributed by atoms with Gasteiger partial charge in [-0.2, -0.15) is 0 Å². The van der Waals surface area contributed by atoms with Crippen LogP contribution in [0.5, 0.6) is 0 Å². The number of piperazine rings is 1. The van der Waals surface area contributed by atoms with Crippen molar-refractivity contribution in [2.45, 2.75) is 52.8 Å². The average molecular weight is 563 g/mol. The lowest BCUT2D eigenvalue weighted by molar-refractivity contribution is 0.0247. The van der Waals surface area contributed by atoms with Crippen molar-refractivity contribution in [3.63, 3.8) is 0 Å². The van der Waals surface area contributed by atoms with E-state index in [0.29, 0.717) is 37.2 Å². The highest BCUT2D eigenvalue weighted by atomic mass is 16.5. The van der Waals surface area contributed by atoms with Crippen molar-refractivity contribution in [2.24, 2.45) is 4.99 Å². The number of rotatable bonds is 11. The van der Waals surface area contributed by atoms with Crippen molar-refractivity contribution < 1.29 is 14.3 Å². The third-order valence-corrected chi connectivity index (χ3v) is 7.72. The van der Waals surface area contributed by atoms with Crippen molar-refractivity contribution in [2.75, 3.05) is 63.9 Å². The molecule has 2 aliphatic heterocycles. The topological polar surface area (TPSA) is 82.5 Å². The molecule has 2 aliphatic rings. The van der Waals surface area contributed by atoms with Crippen LogP contribution < -0.4 is 10.2 Å². The Labute approximate surface area is 244 Å². The third kappa shape index (κ3) is 8.15. The first-order chi connectivity index (χ1) is 19.8. The molecule has 41 heavy (non-hydrogen) atoms. The van der Waals surface area contributed by atoms with E-state index in [1.807, 2.05) is 57.2 Å². The standard InChI is InChI=1S/C32H46N6O3/c1-7-26(21-33-25(6)41-24(4)5)30(37-17-19-40-20-18-37)22-34-32(39)28-9-8-10-29-27(28)11-12-31(35-29)38-15-13-36(14-16-38)23(2)3/h7-12,21,23-24,30H,6,13-20,22H2,1-5H3,(H,34,39)/b26-7+,33-21?. The summed E-state index contributed by atoms with van der Waals surface area (Å²) < 4.78 is 11.2. The molecule has 222 valence electrons. The van der Waals surface area contributed by atoms with Gasteiger partial charge in [0.25, 0.3) is 5.91 Å². The highest BCUT2D eigenvalue weighted by Crippen LogP contribution is 2.23. The van der Waals surface area contributed by atoms with Crippen LogP contribution in [0.2, 0.25) is 0 Å². The van der Waals surface area contributed by atoms with Gasteiger partial charge < -0.3 is 19.7 Å². The molecule has 2 aromatic rings. The van der Waals surface area contributed by atoms with Crippen LogP contribution in [0.4, 0.5) is 5.82 Å². The summed E-state index contributed by atoms with van der Waals surface area (Å²) in [5.41, 5.74) is 2.44. The minimum absolute atomic E-state index is 0.00407. The van der Waals surface area contributed by atoms with E-state index in [2.05, 4.69) is 45.4 Å². The molecule has 9 nitrogen and oxygen atoms in total. The molecule has 9 heteroatoms. The molecular formula is C32H46N6O3. The van der Waals surface area contributed by atoms with Gasteiger partial charge in [0.05, 0.1) is 30.9 Å². The van der Waals surface area contributed by atoms with Gasteiger partial charge in [-0.25, -0.2) is 9.98 Å². The number of anilines is 1. The monoisotopic (exact) mass is 562 g/mol. The van der Waals surface area contributed by atoms with Crippen LogP contribution in [0, 0.1) is 0 Å². The van der Waals surface area contributed by atoms with Crippen molar-refractivity contribution in [3.8, 4) is 0 Å². The Morgan fingerprint density at radius 1 is 1.07 bits per heavy atom. The Kier molecular flexibility index (Phi) is 10.9. The van der Waals surface area contributed by atoms with Gasteiger partial charge >= 0.3 is 0 Å². The quantitative estimate of drug-likeness (QED) is 0.326. The van der Waals surface area contributed by atoms with Gasteiger partial charge in [-0.1, -0.05) is 12.1 Å². The molecule has 1 aromatic heterocycles. The number of aliphatic imine (C=N–C) groups is 1. The second-order valence-electron chi connectivity index (χ2n) is 11.1. The van der Waals surface area contributed by atoms with Gasteiger partial charge in [-0.15, -0.1) is 0 Å². The SMILES string of the molecule is C=C(N=C/C(=C\C)C(CNC(=O)c1cccc2nc(N3CCN(C(C)C)CC3)ccc12)N1CCOCC1)OC(C)C. The van der Waals surface area contributed by atoms with Crippen LogP contribution in [-0.2, 0) is 9.47 Å². The Morgan fingerprint density at radius 3 is 2.46 bits per heavy atom. The Hall–Kier alpha value is -3.27. The number of amides is 1. The fourth-order valence-electron chi connectivity index (χ4n) is 5.42. The number of nitrogens with one attached hydrogen (secondary N) is 1. The molecule has 0 radical (unpaired) electrons. The predicted octanol–water partition coefficient (Wildman–Crippen LogP) is 4.11. The molecule has 1 aromatic carbocycles. The summed E-state index contributed by atoms with van der Waals surface area (Å²) in [7, 11) is 0. The maximum Gasteiger partial charge on any atom is 0.252 e. The summed E-state index contributed by atoms with van der Waals surface area (Å²) in [6, 6.07) is 10.3. The molecule has 0 spiro atoms. The maximum atomic E-state index is 13.5. The molecule has 2 saturated heterocycles. The lowest BCUT2D eigenvalue weighted by Gasteiger charge is -2.37. The molecule has 0 saturated carbocycles. The number of pyridine rings is 1. The average Bonchev–Trinajstić information content (AvgIpc) is 2.98. The zero-order valence-corrected chi connectivity index (χ0v) is 25.3. The largest absolute Gasteiger partial charge is 0.475 e. The molecule has 2 fully saturated rings. The number of hydrogen-bond acceptors (Lipinski definition) is 8. The van der Waals surface area contributed by atoms with Crippen molar-refractivity contribution in [1.29, 1.82) is 0 Å². The molecule has 0 bridgehead atoms. The van der Waals surface area contributed by atoms with Gasteiger partial charge in [0.2, 0.25) is 5.88 Å². The number of benzene rings is 1. The number of morpholine rings is 1. The second-order valence-corrected chi connectivity index (χ2v) is 11.1. The lowest BCUT2D eigenvalue weighted by Crippen LogP contribution is -2.50. The number of ether oxygens (including phenoxy) is 2. The zero-order valence-electron chi connectivity index (χ0n) is 25.3. The minimum atomic E-state index is -0.117. The van der Waals surface area contributed by atoms with Crippen LogP contribution in [-0.4, -0.2) is 104 Å². The fourth-order valence-corrected chi connectivity index (χ4v) is 5.42. The minimum Gasteiger partial charge on any atom is -0.475 e. The van der Waals surface area contributed by atoms with Crippen LogP contribution in [0.3, 0.4) is 0 Å². The van der Waals surface area contributed by atoms with Crippen LogP contribution in [0.25, 0.3) is 10.9 Å². The summed E-state index contributed by atoms with van der Waals surface area (Å²) in [6.45, 7) is 21.5. The Morgan fingerprint density at radius 2 is 1.80 bits per heavy atom. The highest BCUT2D eigenvalue weighted by Gasteiger charge is 2.25. The molecule has 3 heterocycles. The zero-order chi connectivity index (χ0) is 29.4. The molecule has 0 aliphatic carbocycles. The first-order valence-electron chi connectivity index (χ1n) is 14.8. The number of carbonyl (C=O) groups is 1. The Bertz CT molecular complexity index is 1240. The number of allylic oxidation sites excluding steroid dienone is 1. The molecule has 1 atom stereocenters. The van der Waals surface area contributed by atoms with E-state index in [1.165, 1.54) is 0 Å². The van der Waals surface area contributed by atoms with Gasteiger partial charge in [-0.3, -0.25) is 14.6 Å². The summed E-state index contributed by atoms with van der Waals surface area (Å²) in [5, 5.41) is 4.05. The molecule has 1 N–H and O–H groups in total. The summed E-state index contributed by atoms with van der Waals surface area (Å²) in [5.74, 6) is 1.22. The van der Waals surface area contributed by atoms with Gasteiger partial charge in [-0.05, 0) is 71.0 Å². The van der Waals surface area contributed by atoms with Gasteiger partial charge in [0, 0.05) is 69.0 Å². The van der Waals surface area contributed by atoms with E-state index < -0.39 is 0 Å². The summed E-state index contributed by atoms with van der Waals surface area (Å²) in [6.07, 6.45) is 3.83. The Balaban J connectivity index is 1.48. The molecular weight excluding hydrogens is 516 g/mol. The predicted molar refractivity (Wildman–Crippen MR) is 167 cm³/mol. The second kappa shape index (κ2) is 14.6. The highest BCUT2D eigenvalue weighted by molar-refractivity contribution is 6.06. The molecule has 4 rings (SSSR count). The normalized spacial score (nSPS) is 18.4. The van der Waals surface area contributed by atoms with Crippen LogP contribution in [0.1, 0.15) is 45.0 Å². The van der Waals surface area contributed by atoms with E-state index in [1.54, 1.807) is 6.21 Å². The molecule has 1 amide bonds. The van der Waals surface area contributed by atoms with Gasteiger partial charge in [0.1, 0.15) is 5.82 Å². The molecule has 1 unspecified atom stereocenters. The van der Waals surface area contributed by atoms with E-state index in [4.69, 9.17) is 14.5 Å². The van der Waals surface area contributed by atoms with E-state index in [0.717, 1.165) is 61.6 Å². The first-order valence-corrected chi connectivity index (χ1v) is 14.8. The van der Waals surface area contributed by atoms with E-state index in [9.17, 15) is 4.79 Å². The number of fused-ring (bicyclic) bond motifs is 1. The first kappa shape index (κ1) is 30.7. The van der Waals surface area contributed by atoms with Crippen molar-refractivity contribution in [1.82, 2.24) is 20.1 Å². The summed E-state index contributed by atoms with van der Waals surface area (Å²) in [4.78, 5) is 30.1. The number of aromatic nitrogens is 1. The number of hydrogen-bond donors (Lipinski definition) is 1. The van der Waals surface area contributed by atoms with Crippen LogP contribution in [0.15, 0.2) is 59.4 Å². The van der Waals surface area contributed by atoms with Crippen LogP contribution >= 0.6 is 0 Å². The lowest BCUT2D eigenvalue weighted by atomic mass is 10.0. The van der Waals surface area contributed by atoms with Crippen molar-refractivity contribution >= 4 is 28.8 Å². The number of nitrogens with zero attached hydrogens (tertiary/aromatic N) is 5.